The van der Waals surface area contributed by atoms with E-state index in [1.807, 2.05) is 9.80 Å². The van der Waals surface area contributed by atoms with E-state index < -0.39 is 4.92 Å². The van der Waals surface area contributed by atoms with Gasteiger partial charge in [0.25, 0.3) is 0 Å². The maximum absolute atomic E-state index is 14.1. The van der Waals surface area contributed by atoms with Crippen LogP contribution in [0.1, 0.15) is 18.1 Å². The number of anilines is 3. The van der Waals surface area contributed by atoms with Gasteiger partial charge in [-0.3, -0.25) is 10.1 Å². The molecule has 2 heterocycles. The second kappa shape index (κ2) is 10.2. The van der Waals surface area contributed by atoms with E-state index in [2.05, 4.69) is 46.5 Å². The number of para-hydroxylation sites is 1. The molecule has 0 saturated carbocycles. The van der Waals surface area contributed by atoms with Crippen molar-refractivity contribution in [1.82, 2.24) is 9.97 Å². The molecule has 1 saturated heterocycles. The van der Waals surface area contributed by atoms with Crippen LogP contribution in [0.3, 0.4) is 0 Å². The highest BCUT2D eigenvalue weighted by Crippen LogP contribution is 2.33. The number of aromatic nitrogens is 2. The first kappa shape index (κ1) is 22.4. The average molecular weight is 451 g/mol. The minimum atomic E-state index is -0.434. The van der Waals surface area contributed by atoms with Gasteiger partial charge >= 0.3 is 5.69 Å². The van der Waals surface area contributed by atoms with Gasteiger partial charge in [-0.25, -0.2) is 14.4 Å². The van der Waals surface area contributed by atoms with Gasteiger partial charge < -0.3 is 15.1 Å². The number of hydrogen-bond acceptors (Lipinski definition) is 7. The van der Waals surface area contributed by atoms with Crippen molar-refractivity contribution in [2.24, 2.45) is 0 Å². The number of piperazine rings is 1. The Morgan fingerprint density at radius 3 is 2.33 bits per heavy atom. The molecule has 33 heavy (non-hydrogen) atoms. The lowest BCUT2D eigenvalue weighted by atomic mass is 10.1. The standard InChI is InChI=1S/C24H27FN6O2/c1-2-18-7-9-19(10-8-18)11-12-26-23-22(31(32)33)24(28-17-27-23)30-15-13-29(14-16-30)21-6-4-3-5-20(21)25/h3-10,17H,2,11-16H2,1H3,(H,26,27,28). The number of rotatable bonds is 8. The van der Waals surface area contributed by atoms with Gasteiger partial charge in [0.2, 0.25) is 11.6 Å². The predicted molar refractivity (Wildman–Crippen MR) is 128 cm³/mol. The largest absolute Gasteiger partial charge is 0.366 e. The van der Waals surface area contributed by atoms with Crippen molar-refractivity contribution in [1.29, 1.82) is 0 Å². The Morgan fingerprint density at radius 1 is 1.00 bits per heavy atom. The monoisotopic (exact) mass is 450 g/mol. The summed E-state index contributed by atoms with van der Waals surface area (Å²) in [4.78, 5) is 23.7. The fourth-order valence-corrected chi connectivity index (χ4v) is 4.03. The first-order valence-electron chi connectivity index (χ1n) is 11.1. The van der Waals surface area contributed by atoms with Crippen molar-refractivity contribution in [3.63, 3.8) is 0 Å². The number of benzene rings is 2. The minimum absolute atomic E-state index is 0.127. The number of nitro groups is 1. The van der Waals surface area contributed by atoms with Crippen LogP contribution >= 0.6 is 0 Å². The number of nitrogens with one attached hydrogen (secondary N) is 1. The lowest BCUT2D eigenvalue weighted by Gasteiger charge is -2.36. The quantitative estimate of drug-likeness (QED) is 0.409. The summed E-state index contributed by atoms with van der Waals surface area (Å²) in [5, 5.41) is 15.0. The second-order valence-electron chi connectivity index (χ2n) is 7.92. The molecule has 1 aliphatic rings. The van der Waals surface area contributed by atoms with Gasteiger partial charge in [-0.2, -0.15) is 0 Å². The van der Waals surface area contributed by atoms with E-state index in [1.165, 1.54) is 18.0 Å². The fourth-order valence-electron chi connectivity index (χ4n) is 4.03. The normalized spacial score (nSPS) is 13.8. The van der Waals surface area contributed by atoms with Crippen LogP contribution in [0.2, 0.25) is 0 Å². The highest BCUT2D eigenvalue weighted by molar-refractivity contribution is 5.70. The van der Waals surface area contributed by atoms with Crippen molar-refractivity contribution in [3.8, 4) is 0 Å². The predicted octanol–water partition coefficient (Wildman–Crippen LogP) is 4.07. The highest BCUT2D eigenvalue weighted by atomic mass is 19.1. The Morgan fingerprint density at radius 2 is 1.67 bits per heavy atom. The van der Waals surface area contributed by atoms with E-state index in [9.17, 15) is 14.5 Å². The van der Waals surface area contributed by atoms with Gasteiger partial charge in [0, 0.05) is 32.7 Å². The molecule has 0 unspecified atom stereocenters. The van der Waals surface area contributed by atoms with Crippen molar-refractivity contribution in [2.75, 3.05) is 47.8 Å². The molecule has 1 N–H and O–H groups in total. The zero-order valence-electron chi connectivity index (χ0n) is 18.6. The maximum atomic E-state index is 14.1. The molecule has 8 nitrogen and oxygen atoms in total. The Labute approximate surface area is 192 Å². The third-order valence-corrected chi connectivity index (χ3v) is 5.90. The third kappa shape index (κ3) is 5.19. The van der Waals surface area contributed by atoms with Gasteiger partial charge in [0.15, 0.2) is 0 Å². The van der Waals surface area contributed by atoms with Crippen LogP contribution in [0.15, 0.2) is 54.9 Å². The van der Waals surface area contributed by atoms with E-state index in [0.29, 0.717) is 38.4 Å². The molecule has 0 spiro atoms. The van der Waals surface area contributed by atoms with Crippen LogP contribution < -0.4 is 15.1 Å². The molecule has 1 fully saturated rings. The first-order valence-corrected chi connectivity index (χ1v) is 11.1. The molecule has 172 valence electrons. The zero-order valence-corrected chi connectivity index (χ0v) is 18.6. The summed E-state index contributed by atoms with van der Waals surface area (Å²) in [5.41, 5.74) is 2.85. The average Bonchev–Trinajstić information content (AvgIpc) is 2.84. The van der Waals surface area contributed by atoms with Crippen LogP contribution in [0.4, 0.5) is 27.4 Å². The Bertz CT molecular complexity index is 1100. The molecule has 9 heteroatoms. The molecular formula is C24H27FN6O2. The topological polar surface area (TPSA) is 87.4 Å². The van der Waals surface area contributed by atoms with Crippen LogP contribution in [0.5, 0.6) is 0 Å². The molecule has 2 aromatic carbocycles. The number of aryl methyl sites for hydroxylation is 1. The lowest BCUT2D eigenvalue weighted by molar-refractivity contribution is -0.383. The molecule has 3 aromatic rings. The minimum Gasteiger partial charge on any atom is -0.366 e. The van der Waals surface area contributed by atoms with E-state index in [1.54, 1.807) is 18.2 Å². The highest BCUT2D eigenvalue weighted by Gasteiger charge is 2.29. The SMILES string of the molecule is CCc1ccc(CCNc2ncnc(N3CCN(c4ccccc4F)CC3)c2[N+](=O)[O-])cc1. The van der Waals surface area contributed by atoms with Crippen LogP contribution in [-0.4, -0.2) is 47.6 Å². The molecule has 1 aliphatic heterocycles. The molecule has 0 radical (unpaired) electrons. The van der Waals surface area contributed by atoms with Gasteiger partial charge in [0.1, 0.15) is 12.1 Å². The summed E-state index contributed by atoms with van der Waals surface area (Å²) in [5.74, 6) is 0.236. The summed E-state index contributed by atoms with van der Waals surface area (Å²) in [6.07, 6.45) is 3.06. The zero-order chi connectivity index (χ0) is 23.2. The fraction of sp³-hybridized carbons (Fsp3) is 0.333. The van der Waals surface area contributed by atoms with Crippen molar-refractivity contribution in [3.05, 3.63) is 81.9 Å². The molecule has 0 atom stereocenters. The van der Waals surface area contributed by atoms with Crippen LogP contribution in [0.25, 0.3) is 0 Å². The summed E-state index contributed by atoms with van der Waals surface area (Å²) in [6.45, 7) is 4.70. The van der Waals surface area contributed by atoms with Crippen LogP contribution in [-0.2, 0) is 12.8 Å². The van der Waals surface area contributed by atoms with Crippen molar-refractivity contribution >= 4 is 23.0 Å². The van der Waals surface area contributed by atoms with Gasteiger partial charge in [-0.15, -0.1) is 0 Å². The molecular weight excluding hydrogens is 423 g/mol. The maximum Gasteiger partial charge on any atom is 0.353 e. The molecule has 0 aliphatic carbocycles. The first-order chi connectivity index (χ1) is 16.1. The van der Waals surface area contributed by atoms with Gasteiger partial charge in [0.05, 0.1) is 10.6 Å². The number of halogens is 1. The van der Waals surface area contributed by atoms with E-state index >= 15 is 0 Å². The van der Waals surface area contributed by atoms with Crippen molar-refractivity contribution < 1.29 is 9.31 Å². The number of hydrogen-bond donors (Lipinski definition) is 1. The van der Waals surface area contributed by atoms with E-state index in [-0.39, 0.29) is 23.1 Å². The van der Waals surface area contributed by atoms with Crippen molar-refractivity contribution in [2.45, 2.75) is 19.8 Å². The van der Waals surface area contributed by atoms with E-state index in [0.717, 1.165) is 18.4 Å². The van der Waals surface area contributed by atoms with E-state index in [4.69, 9.17) is 0 Å². The van der Waals surface area contributed by atoms with Gasteiger partial charge in [-0.1, -0.05) is 43.3 Å². The summed E-state index contributed by atoms with van der Waals surface area (Å²) < 4.78 is 14.1. The Kier molecular flexibility index (Phi) is 6.97. The number of nitrogens with zero attached hydrogens (tertiary/aromatic N) is 5. The summed E-state index contributed by atoms with van der Waals surface area (Å²) >= 11 is 0. The van der Waals surface area contributed by atoms with Gasteiger partial charge in [-0.05, 0) is 36.1 Å². The molecule has 4 rings (SSSR count). The smallest absolute Gasteiger partial charge is 0.353 e. The third-order valence-electron chi connectivity index (χ3n) is 5.90. The molecule has 1 aromatic heterocycles. The second-order valence-corrected chi connectivity index (χ2v) is 7.92. The Hall–Kier alpha value is -3.75. The molecule has 0 bridgehead atoms. The Balaban J connectivity index is 1.44. The van der Waals surface area contributed by atoms with Crippen LogP contribution in [0, 0.1) is 15.9 Å². The lowest BCUT2D eigenvalue weighted by Crippen LogP contribution is -2.47. The molecule has 0 amide bonds. The summed E-state index contributed by atoms with van der Waals surface area (Å²) in [6, 6.07) is 15.0. The summed E-state index contributed by atoms with van der Waals surface area (Å²) in [7, 11) is 0.